The van der Waals surface area contributed by atoms with Crippen LogP contribution in [0.25, 0.3) is 0 Å². The Labute approximate surface area is 125 Å². The van der Waals surface area contributed by atoms with Crippen LogP contribution in [-0.2, 0) is 0 Å². The van der Waals surface area contributed by atoms with Gasteiger partial charge in [0.05, 0.1) is 0 Å². The van der Waals surface area contributed by atoms with Crippen LogP contribution in [-0.4, -0.2) is 42.1 Å². The average Bonchev–Trinajstić information content (AvgIpc) is 2.85. The van der Waals surface area contributed by atoms with Gasteiger partial charge in [-0.25, -0.2) is 0 Å². The Balaban J connectivity index is 1.69. The Bertz CT molecular complexity index is 463. The van der Waals surface area contributed by atoms with Crippen molar-refractivity contribution >= 4 is 23.2 Å². The summed E-state index contributed by atoms with van der Waals surface area (Å²) in [4.78, 5) is 14.3. The Kier molecular flexibility index (Phi) is 5.49. The molecule has 2 rings (SSSR count). The molecule has 0 bridgehead atoms. The molecule has 20 heavy (non-hydrogen) atoms. The molecule has 1 aromatic carbocycles. The molecule has 1 aliphatic rings. The third-order valence-corrected chi connectivity index (χ3v) is 3.94. The maximum Gasteiger partial charge on any atom is 0.257 e. The van der Waals surface area contributed by atoms with E-state index in [-0.39, 0.29) is 5.91 Å². The highest BCUT2D eigenvalue weighted by atomic mass is 32.1. The van der Waals surface area contributed by atoms with Gasteiger partial charge in [0.15, 0.2) is 5.11 Å². The topological polar surface area (TPSA) is 44.4 Å². The molecule has 2 N–H and O–H groups in total. The Morgan fingerprint density at radius 2 is 2.15 bits per heavy atom. The zero-order valence-electron chi connectivity index (χ0n) is 11.8. The van der Waals surface area contributed by atoms with Crippen LogP contribution in [0.3, 0.4) is 0 Å². The molecular weight excluding hydrogens is 270 g/mol. The van der Waals surface area contributed by atoms with E-state index < -0.39 is 0 Å². The van der Waals surface area contributed by atoms with Gasteiger partial charge >= 0.3 is 0 Å². The lowest BCUT2D eigenvalue weighted by Gasteiger charge is -2.19. The number of benzene rings is 1. The van der Waals surface area contributed by atoms with Gasteiger partial charge in [-0.05, 0) is 57.2 Å². The summed E-state index contributed by atoms with van der Waals surface area (Å²) in [5.74, 6) is -0.166. The standard InChI is InChI=1S/C15H21N3OS/c1-18-11-5-8-13(18)9-10-16-15(20)17-14(19)12-6-3-2-4-7-12/h2-4,6-7,13H,5,8-11H2,1H3,(H2,16,17,19,20). The molecule has 1 aliphatic heterocycles. The van der Waals surface area contributed by atoms with Gasteiger partial charge in [0.25, 0.3) is 5.91 Å². The molecule has 0 aromatic heterocycles. The maximum atomic E-state index is 11.9. The van der Waals surface area contributed by atoms with Crippen molar-refractivity contribution in [1.82, 2.24) is 15.5 Å². The SMILES string of the molecule is CN1CCCC1CCNC(=S)NC(=O)c1ccccc1. The molecule has 1 atom stereocenters. The molecule has 5 heteroatoms. The summed E-state index contributed by atoms with van der Waals surface area (Å²) in [6, 6.07) is 9.72. The quantitative estimate of drug-likeness (QED) is 0.830. The first-order valence-electron chi connectivity index (χ1n) is 7.01. The molecule has 0 spiro atoms. The Hall–Kier alpha value is -1.46. The smallest absolute Gasteiger partial charge is 0.257 e. The lowest BCUT2D eigenvalue weighted by Crippen LogP contribution is -2.41. The van der Waals surface area contributed by atoms with Crippen molar-refractivity contribution in [3.05, 3.63) is 35.9 Å². The Morgan fingerprint density at radius 3 is 2.80 bits per heavy atom. The minimum absolute atomic E-state index is 0.166. The molecule has 1 aromatic rings. The van der Waals surface area contributed by atoms with E-state index in [1.165, 1.54) is 19.4 Å². The van der Waals surface area contributed by atoms with E-state index in [0.29, 0.717) is 16.7 Å². The molecule has 108 valence electrons. The van der Waals surface area contributed by atoms with E-state index in [2.05, 4.69) is 22.6 Å². The number of nitrogens with zero attached hydrogens (tertiary/aromatic N) is 1. The van der Waals surface area contributed by atoms with Crippen LogP contribution >= 0.6 is 12.2 Å². The minimum atomic E-state index is -0.166. The third-order valence-electron chi connectivity index (χ3n) is 3.70. The summed E-state index contributed by atoms with van der Waals surface area (Å²) < 4.78 is 0. The number of thiocarbonyl (C=S) groups is 1. The highest BCUT2D eigenvalue weighted by Gasteiger charge is 2.20. The van der Waals surface area contributed by atoms with Crippen molar-refractivity contribution in [2.45, 2.75) is 25.3 Å². The second-order valence-electron chi connectivity index (χ2n) is 5.14. The average molecular weight is 291 g/mol. The molecular formula is C15H21N3OS. The van der Waals surface area contributed by atoms with E-state index in [0.717, 1.165) is 13.0 Å². The summed E-state index contributed by atoms with van der Waals surface area (Å²) >= 11 is 5.14. The predicted octanol–water partition coefficient (Wildman–Crippen LogP) is 1.78. The normalized spacial score (nSPS) is 18.8. The number of hydrogen-bond acceptors (Lipinski definition) is 3. The molecule has 1 unspecified atom stereocenters. The zero-order valence-corrected chi connectivity index (χ0v) is 12.6. The van der Waals surface area contributed by atoms with Gasteiger partial charge in [0.2, 0.25) is 0 Å². The Morgan fingerprint density at radius 1 is 1.40 bits per heavy atom. The van der Waals surface area contributed by atoms with E-state index in [9.17, 15) is 4.79 Å². The zero-order chi connectivity index (χ0) is 14.4. The van der Waals surface area contributed by atoms with Gasteiger partial charge < -0.3 is 10.2 Å². The summed E-state index contributed by atoms with van der Waals surface area (Å²) in [6.07, 6.45) is 3.58. The fraction of sp³-hybridized carbons (Fsp3) is 0.467. The third kappa shape index (κ3) is 4.28. The van der Waals surface area contributed by atoms with Crippen molar-refractivity contribution in [1.29, 1.82) is 0 Å². The molecule has 0 radical (unpaired) electrons. The van der Waals surface area contributed by atoms with Crippen LogP contribution in [0.5, 0.6) is 0 Å². The number of carbonyl (C=O) groups excluding carboxylic acids is 1. The van der Waals surface area contributed by atoms with E-state index in [1.807, 2.05) is 18.2 Å². The van der Waals surface area contributed by atoms with Crippen molar-refractivity contribution in [3.63, 3.8) is 0 Å². The fourth-order valence-electron chi connectivity index (χ4n) is 2.51. The van der Waals surface area contributed by atoms with Gasteiger partial charge in [0, 0.05) is 18.2 Å². The second-order valence-corrected chi connectivity index (χ2v) is 5.55. The van der Waals surface area contributed by atoms with Crippen LogP contribution in [0.2, 0.25) is 0 Å². The molecule has 1 amide bonds. The number of hydrogen-bond donors (Lipinski definition) is 2. The number of nitrogens with one attached hydrogen (secondary N) is 2. The van der Waals surface area contributed by atoms with Crippen molar-refractivity contribution < 1.29 is 4.79 Å². The fourth-order valence-corrected chi connectivity index (χ4v) is 2.70. The van der Waals surface area contributed by atoms with Gasteiger partial charge in [0.1, 0.15) is 0 Å². The molecule has 0 saturated carbocycles. The number of carbonyl (C=O) groups is 1. The van der Waals surface area contributed by atoms with Crippen molar-refractivity contribution in [2.75, 3.05) is 20.1 Å². The van der Waals surface area contributed by atoms with Crippen LogP contribution in [0, 0.1) is 0 Å². The lowest BCUT2D eigenvalue weighted by atomic mass is 10.1. The largest absolute Gasteiger partial charge is 0.362 e. The molecule has 4 nitrogen and oxygen atoms in total. The van der Waals surface area contributed by atoms with Gasteiger partial charge in [-0.1, -0.05) is 18.2 Å². The molecule has 1 saturated heterocycles. The van der Waals surface area contributed by atoms with Crippen LogP contribution in [0.4, 0.5) is 0 Å². The van der Waals surface area contributed by atoms with Crippen molar-refractivity contribution in [2.24, 2.45) is 0 Å². The highest BCUT2D eigenvalue weighted by Crippen LogP contribution is 2.16. The molecule has 0 aliphatic carbocycles. The number of rotatable bonds is 4. The minimum Gasteiger partial charge on any atom is -0.362 e. The second kappa shape index (κ2) is 7.36. The highest BCUT2D eigenvalue weighted by molar-refractivity contribution is 7.80. The van der Waals surface area contributed by atoms with Gasteiger partial charge in [-0.15, -0.1) is 0 Å². The van der Waals surface area contributed by atoms with E-state index >= 15 is 0 Å². The van der Waals surface area contributed by atoms with Crippen LogP contribution in [0.1, 0.15) is 29.6 Å². The number of amides is 1. The lowest BCUT2D eigenvalue weighted by molar-refractivity contribution is 0.0976. The summed E-state index contributed by atoms with van der Waals surface area (Å²) in [7, 11) is 2.16. The first-order valence-corrected chi connectivity index (χ1v) is 7.42. The van der Waals surface area contributed by atoms with E-state index in [1.54, 1.807) is 12.1 Å². The molecule has 1 fully saturated rings. The van der Waals surface area contributed by atoms with Crippen molar-refractivity contribution in [3.8, 4) is 0 Å². The van der Waals surface area contributed by atoms with E-state index in [4.69, 9.17) is 12.2 Å². The monoisotopic (exact) mass is 291 g/mol. The number of likely N-dealkylation sites (tertiary alicyclic amines) is 1. The summed E-state index contributed by atoms with van der Waals surface area (Å²) in [5.41, 5.74) is 0.618. The molecule has 1 heterocycles. The van der Waals surface area contributed by atoms with Gasteiger partial charge in [-0.3, -0.25) is 10.1 Å². The first-order chi connectivity index (χ1) is 9.66. The van der Waals surface area contributed by atoms with Crippen LogP contribution in [0.15, 0.2) is 30.3 Å². The summed E-state index contributed by atoms with van der Waals surface area (Å²) in [6.45, 7) is 1.97. The van der Waals surface area contributed by atoms with Gasteiger partial charge in [-0.2, -0.15) is 0 Å². The van der Waals surface area contributed by atoms with Crippen LogP contribution < -0.4 is 10.6 Å². The summed E-state index contributed by atoms with van der Waals surface area (Å²) in [5, 5.41) is 6.21. The first kappa shape index (κ1) is 14.9. The maximum absolute atomic E-state index is 11.9. The predicted molar refractivity (Wildman–Crippen MR) is 84.8 cm³/mol.